The smallest absolute Gasteiger partial charge is 0.251 e. The van der Waals surface area contributed by atoms with E-state index in [0.717, 1.165) is 57.6 Å². The molecule has 0 N–H and O–H groups in total. The second-order valence-corrected chi connectivity index (χ2v) is 6.30. The molecule has 0 aromatic carbocycles. The van der Waals surface area contributed by atoms with E-state index in [2.05, 4.69) is 10.1 Å². The molecular weight excluding hydrogens is 292 g/mol. The summed E-state index contributed by atoms with van der Waals surface area (Å²) in [6, 6.07) is 0. The van der Waals surface area contributed by atoms with Gasteiger partial charge in [-0.25, -0.2) is 8.78 Å². The van der Waals surface area contributed by atoms with E-state index < -0.39 is 6.43 Å². The first-order valence-corrected chi connectivity index (χ1v) is 8.11. The highest BCUT2D eigenvalue weighted by Gasteiger charge is 2.25. The van der Waals surface area contributed by atoms with Crippen LogP contribution in [-0.2, 0) is 11.2 Å². The Morgan fingerprint density at radius 1 is 1.23 bits per heavy atom. The summed E-state index contributed by atoms with van der Waals surface area (Å²) in [5, 5.41) is 4.08. The number of alkyl halides is 2. The van der Waals surface area contributed by atoms with E-state index in [9.17, 15) is 8.78 Å². The van der Waals surface area contributed by atoms with Gasteiger partial charge < -0.3 is 9.26 Å². The van der Waals surface area contributed by atoms with Crippen LogP contribution in [-0.4, -0.2) is 54.3 Å². The number of hydrogen-bond donors (Lipinski definition) is 0. The average Bonchev–Trinajstić information content (AvgIpc) is 2.98. The van der Waals surface area contributed by atoms with Gasteiger partial charge in [0, 0.05) is 18.9 Å². The summed E-state index contributed by atoms with van der Waals surface area (Å²) in [4.78, 5) is 6.34. The third-order valence-electron chi connectivity index (χ3n) is 4.58. The van der Waals surface area contributed by atoms with Gasteiger partial charge in [-0.2, -0.15) is 4.98 Å². The van der Waals surface area contributed by atoms with Crippen molar-refractivity contribution in [1.82, 2.24) is 15.0 Å². The minimum absolute atomic E-state index is 0.112. The minimum atomic E-state index is -2.24. The van der Waals surface area contributed by atoms with Gasteiger partial charge in [-0.05, 0) is 44.7 Å². The van der Waals surface area contributed by atoms with Crippen LogP contribution >= 0.6 is 0 Å². The maximum atomic E-state index is 12.4. The summed E-state index contributed by atoms with van der Waals surface area (Å²) in [5.41, 5.74) is 0. The van der Waals surface area contributed by atoms with E-state index in [4.69, 9.17) is 9.26 Å². The van der Waals surface area contributed by atoms with Crippen LogP contribution in [0.5, 0.6) is 0 Å². The normalized spacial score (nSPS) is 25.0. The molecule has 1 atom stereocenters. The Kier molecular flexibility index (Phi) is 5.36. The number of piperidine rings is 1. The Labute approximate surface area is 129 Å². The zero-order valence-corrected chi connectivity index (χ0v) is 12.7. The van der Waals surface area contributed by atoms with Crippen molar-refractivity contribution in [3.05, 3.63) is 11.7 Å². The summed E-state index contributed by atoms with van der Waals surface area (Å²) in [7, 11) is 0. The van der Waals surface area contributed by atoms with Gasteiger partial charge in [-0.15, -0.1) is 0 Å². The predicted molar refractivity (Wildman–Crippen MR) is 76.0 cm³/mol. The molecule has 1 aromatic rings. The molecule has 2 aliphatic rings. The Balaban J connectivity index is 1.47. The summed E-state index contributed by atoms with van der Waals surface area (Å²) in [6.45, 7) is 2.83. The number of halogens is 2. The van der Waals surface area contributed by atoms with E-state index in [-0.39, 0.29) is 12.5 Å². The molecule has 124 valence electrons. The molecule has 7 heteroatoms. The van der Waals surface area contributed by atoms with Gasteiger partial charge in [0.2, 0.25) is 5.89 Å². The zero-order chi connectivity index (χ0) is 15.4. The molecule has 2 fully saturated rings. The van der Waals surface area contributed by atoms with Gasteiger partial charge in [0.05, 0.1) is 13.2 Å². The highest BCUT2D eigenvalue weighted by atomic mass is 19.3. The number of rotatable bonds is 5. The van der Waals surface area contributed by atoms with E-state index >= 15 is 0 Å². The van der Waals surface area contributed by atoms with Crippen molar-refractivity contribution in [2.45, 2.75) is 44.4 Å². The highest BCUT2D eigenvalue weighted by molar-refractivity contribution is 4.97. The van der Waals surface area contributed by atoms with Crippen molar-refractivity contribution in [3.63, 3.8) is 0 Å². The molecule has 0 spiro atoms. The molecule has 0 saturated carbocycles. The molecule has 0 amide bonds. The fourth-order valence-corrected chi connectivity index (χ4v) is 3.28. The van der Waals surface area contributed by atoms with Gasteiger partial charge in [-0.1, -0.05) is 5.16 Å². The fourth-order valence-electron chi connectivity index (χ4n) is 3.28. The third kappa shape index (κ3) is 4.23. The molecular formula is C15H23F2N3O2. The molecule has 1 unspecified atom stereocenters. The SMILES string of the molecule is FC(F)CN1CCC(Cc2nc(C3CCCOC3)no2)CC1. The first-order valence-electron chi connectivity index (χ1n) is 8.11. The van der Waals surface area contributed by atoms with Crippen LogP contribution in [0.1, 0.15) is 43.3 Å². The van der Waals surface area contributed by atoms with Crippen LogP contribution in [0.4, 0.5) is 8.78 Å². The van der Waals surface area contributed by atoms with Crippen molar-refractivity contribution >= 4 is 0 Å². The quantitative estimate of drug-likeness (QED) is 0.835. The monoisotopic (exact) mass is 315 g/mol. The maximum Gasteiger partial charge on any atom is 0.251 e. The zero-order valence-electron chi connectivity index (χ0n) is 12.7. The molecule has 22 heavy (non-hydrogen) atoms. The molecule has 3 rings (SSSR count). The summed E-state index contributed by atoms with van der Waals surface area (Å²) >= 11 is 0. The number of nitrogens with zero attached hydrogens (tertiary/aromatic N) is 3. The predicted octanol–water partition coefficient (Wildman–Crippen LogP) is 2.48. The van der Waals surface area contributed by atoms with Crippen LogP contribution in [0, 0.1) is 5.92 Å². The van der Waals surface area contributed by atoms with Crippen LogP contribution in [0.3, 0.4) is 0 Å². The van der Waals surface area contributed by atoms with Crippen LogP contribution in [0.2, 0.25) is 0 Å². The molecule has 3 heterocycles. The topological polar surface area (TPSA) is 51.4 Å². The van der Waals surface area contributed by atoms with Crippen LogP contribution in [0.15, 0.2) is 4.52 Å². The van der Waals surface area contributed by atoms with Gasteiger partial charge in [0.1, 0.15) is 0 Å². The second kappa shape index (κ2) is 7.46. The third-order valence-corrected chi connectivity index (χ3v) is 4.58. The molecule has 5 nitrogen and oxygen atoms in total. The van der Waals surface area contributed by atoms with Crippen LogP contribution < -0.4 is 0 Å². The lowest BCUT2D eigenvalue weighted by molar-refractivity contribution is 0.0681. The largest absolute Gasteiger partial charge is 0.381 e. The van der Waals surface area contributed by atoms with E-state index in [0.29, 0.717) is 18.4 Å². The summed E-state index contributed by atoms with van der Waals surface area (Å²) < 4.78 is 35.5. The second-order valence-electron chi connectivity index (χ2n) is 6.30. The van der Waals surface area contributed by atoms with E-state index in [1.807, 2.05) is 4.90 Å². The Hall–Kier alpha value is -1.08. The highest BCUT2D eigenvalue weighted by Crippen LogP contribution is 2.25. The fraction of sp³-hybridized carbons (Fsp3) is 0.867. The Bertz CT molecular complexity index is 455. The number of likely N-dealkylation sites (tertiary alicyclic amines) is 1. The summed E-state index contributed by atoms with van der Waals surface area (Å²) in [5.74, 6) is 2.13. The molecule has 1 aromatic heterocycles. The Morgan fingerprint density at radius 2 is 2.05 bits per heavy atom. The average molecular weight is 315 g/mol. The van der Waals surface area contributed by atoms with E-state index in [1.165, 1.54) is 0 Å². The minimum Gasteiger partial charge on any atom is -0.381 e. The van der Waals surface area contributed by atoms with E-state index in [1.54, 1.807) is 0 Å². The number of aromatic nitrogens is 2. The molecule has 0 aliphatic carbocycles. The van der Waals surface area contributed by atoms with Gasteiger partial charge in [-0.3, -0.25) is 4.90 Å². The molecule has 0 bridgehead atoms. The molecule has 2 aliphatic heterocycles. The van der Waals surface area contributed by atoms with Gasteiger partial charge in [0.25, 0.3) is 6.43 Å². The van der Waals surface area contributed by atoms with Gasteiger partial charge >= 0.3 is 0 Å². The van der Waals surface area contributed by atoms with Crippen molar-refractivity contribution in [3.8, 4) is 0 Å². The van der Waals surface area contributed by atoms with Crippen LogP contribution in [0.25, 0.3) is 0 Å². The lowest BCUT2D eigenvalue weighted by Crippen LogP contribution is -2.37. The first kappa shape index (κ1) is 15.8. The van der Waals surface area contributed by atoms with Crippen molar-refractivity contribution < 1.29 is 18.0 Å². The lowest BCUT2D eigenvalue weighted by atomic mass is 9.93. The standard InChI is InChI=1S/C15H23F2N3O2/c16-13(17)9-20-5-3-11(4-6-20)8-14-18-15(19-22-14)12-2-1-7-21-10-12/h11-13H,1-10H2. The lowest BCUT2D eigenvalue weighted by Gasteiger charge is -2.30. The van der Waals surface area contributed by atoms with Gasteiger partial charge in [0.15, 0.2) is 5.82 Å². The first-order chi connectivity index (χ1) is 10.7. The Morgan fingerprint density at radius 3 is 2.73 bits per heavy atom. The molecule has 0 radical (unpaired) electrons. The molecule has 2 saturated heterocycles. The maximum absolute atomic E-state index is 12.4. The van der Waals surface area contributed by atoms with Crippen molar-refractivity contribution in [2.75, 3.05) is 32.8 Å². The number of hydrogen-bond acceptors (Lipinski definition) is 5. The van der Waals surface area contributed by atoms with Crippen molar-refractivity contribution in [2.24, 2.45) is 5.92 Å². The number of ether oxygens (including phenoxy) is 1. The van der Waals surface area contributed by atoms with Crippen molar-refractivity contribution in [1.29, 1.82) is 0 Å². The summed E-state index contributed by atoms with van der Waals surface area (Å²) in [6.07, 6.45) is 2.42.